The van der Waals surface area contributed by atoms with Crippen LogP contribution >= 0.6 is 0 Å². The fourth-order valence-corrected chi connectivity index (χ4v) is 1.61. The van der Waals surface area contributed by atoms with Gasteiger partial charge in [0.05, 0.1) is 6.54 Å². The van der Waals surface area contributed by atoms with Crippen LogP contribution in [0.15, 0.2) is 12.1 Å². The summed E-state index contributed by atoms with van der Waals surface area (Å²) in [6.45, 7) is 5.29. The van der Waals surface area contributed by atoms with Crippen molar-refractivity contribution in [3.05, 3.63) is 28.8 Å². The molecule has 0 saturated heterocycles. The van der Waals surface area contributed by atoms with Gasteiger partial charge in [0, 0.05) is 6.54 Å². The Bertz CT molecular complexity index is 402. The van der Waals surface area contributed by atoms with E-state index in [1.54, 1.807) is 0 Å². The summed E-state index contributed by atoms with van der Waals surface area (Å²) in [5, 5.41) is 2.29. The summed E-state index contributed by atoms with van der Waals surface area (Å²) in [5.41, 5.74) is 3.22. The lowest BCUT2D eigenvalue weighted by Gasteiger charge is -2.13. The van der Waals surface area contributed by atoms with Gasteiger partial charge < -0.3 is 10.1 Å². The Morgan fingerprint density at radius 2 is 1.83 bits per heavy atom. The number of halogens is 3. The number of nitrogens with one attached hydrogen (secondary N) is 1. The van der Waals surface area contributed by atoms with E-state index in [9.17, 15) is 13.2 Å². The van der Waals surface area contributed by atoms with Crippen molar-refractivity contribution in [3.8, 4) is 5.75 Å². The topological polar surface area (TPSA) is 21.3 Å². The number of rotatable bonds is 5. The Labute approximate surface area is 105 Å². The standard InChI is InChI=1S/C13H18F3NO/c1-9-6-10(2)11(3)12(7-9)18-5-4-17-8-13(14,15)16/h6-7,17H,4-5,8H2,1-3H3. The van der Waals surface area contributed by atoms with Crippen molar-refractivity contribution in [1.29, 1.82) is 0 Å². The van der Waals surface area contributed by atoms with Crippen LogP contribution in [0.5, 0.6) is 5.75 Å². The minimum absolute atomic E-state index is 0.173. The van der Waals surface area contributed by atoms with Crippen molar-refractivity contribution in [1.82, 2.24) is 5.32 Å². The van der Waals surface area contributed by atoms with E-state index in [0.29, 0.717) is 0 Å². The predicted molar refractivity (Wildman–Crippen MR) is 65.1 cm³/mol. The molecule has 2 nitrogen and oxygen atoms in total. The minimum atomic E-state index is -4.17. The Kier molecular flexibility index (Phi) is 5.02. The molecule has 0 saturated carbocycles. The molecule has 0 aliphatic rings. The highest BCUT2D eigenvalue weighted by Gasteiger charge is 2.25. The first-order valence-electron chi connectivity index (χ1n) is 5.78. The molecule has 1 rings (SSSR count). The van der Waals surface area contributed by atoms with Crippen LogP contribution in [0, 0.1) is 20.8 Å². The van der Waals surface area contributed by atoms with Crippen molar-refractivity contribution in [2.75, 3.05) is 19.7 Å². The van der Waals surface area contributed by atoms with Gasteiger partial charge in [-0.15, -0.1) is 0 Å². The van der Waals surface area contributed by atoms with Crippen LogP contribution in [0.25, 0.3) is 0 Å². The van der Waals surface area contributed by atoms with Crippen molar-refractivity contribution in [3.63, 3.8) is 0 Å². The molecule has 1 aromatic rings. The first kappa shape index (κ1) is 14.8. The van der Waals surface area contributed by atoms with Crippen LogP contribution in [0.2, 0.25) is 0 Å². The van der Waals surface area contributed by atoms with E-state index in [2.05, 4.69) is 5.32 Å². The first-order valence-corrected chi connectivity index (χ1v) is 5.78. The SMILES string of the molecule is Cc1cc(C)c(C)c(OCCNCC(F)(F)F)c1. The van der Waals surface area contributed by atoms with Crippen molar-refractivity contribution >= 4 is 0 Å². The number of ether oxygens (including phenoxy) is 1. The van der Waals surface area contributed by atoms with E-state index in [4.69, 9.17) is 4.74 Å². The monoisotopic (exact) mass is 261 g/mol. The molecule has 102 valence electrons. The lowest BCUT2D eigenvalue weighted by atomic mass is 10.1. The van der Waals surface area contributed by atoms with E-state index in [-0.39, 0.29) is 13.2 Å². The zero-order valence-electron chi connectivity index (χ0n) is 10.8. The van der Waals surface area contributed by atoms with Crippen LogP contribution in [0.1, 0.15) is 16.7 Å². The molecular weight excluding hydrogens is 243 g/mol. The number of hydrogen-bond donors (Lipinski definition) is 1. The predicted octanol–water partition coefficient (Wildman–Crippen LogP) is 3.14. The number of benzene rings is 1. The summed E-state index contributed by atoms with van der Waals surface area (Å²) in [7, 11) is 0. The molecule has 0 bridgehead atoms. The third kappa shape index (κ3) is 4.96. The van der Waals surface area contributed by atoms with Gasteiger partial charge in [0.15, 0.2) is 0 Å². The van der Waals surface area contributed by atoms with E-state index in [1.807, 2.05) is 32.9 Å². The van der Waals surface area contributed by atoms with Gasteiger partial charge in [-0.2, -0.15) is 13.2 Å². The van der Waals surface area contributed by atoms with Crippen molar-refractivity contribution < 1.29 is 17.9 Å². The van der Waals surface area contributed by atoms with Crippen LogP contribution < -0.4 is 10.1 Å². The summed E-state index contributed by atoms with van der Waals surface area (Å²) >= 11 is 0. The minimum Gasteiger partial charge on any atom is -0.492 e. The molecule has 18 heavy (non-hydrogen) atoms. The zero-order chi connectivity index (χ0) is 13.8. The lowest BCUT2D eigenvalue weighted by Crippen LogP contribution is -2.31. The van der Waals surface area contributed by atoms with Gasteiger partial charge in [-0.25, -0.2) is 0 Å². The smallest absolute Gasteiger partial charge is 0.401 e. The van der Waals surface area contributed by atoms with Crippen molar-refractivity contribution in [2.24, 2.45) is 0 Å². The summed E-state index contributed by atoms with van der Waals surface area (Å²) in [6, 6.07) is 3.94. The van der Waals surface area contributed by atoms with Crippen molar-refractivity contribution in [2.45, 2.75) is 26.9 Å². The maximum Gasteiger partial charge on any atom is 0.401 e. The maximum atomic E-state index is 11.9. The largest absolute Gasteiger partial charge is 0.492 e. The fraction of sp³-hybridized carbons (Fsp3) is 0.538. The molecule has 0 radical (unpaired) electrons. The van der Waals surface area contributed by atoms with Gasteiger partial charge in [-0.3, -0.25) is 0 Å². The number of aryl methyl sites for hydroxylation is 2. The Hall–Kier alpha value is -1.23. The second-order valence-electron chi connectivity index (χ2n) is 4.35. The van der Waals surface area contributed by atoms with E-state index in [1.165, 1.54) is 0 Å². The Morgan fingerprint density at radius 1 is 1.17 bits per heavy atom. The molecule has 0 aromatic heterocycles. The molecule has 1 aromatic carbocycles. The molecule has 5 heteroatoms. The van der Waals surface area contributed by atoms with Crippen LogP contribution in [0.3, 0.4) is 0 Å². The number of hydrogen-bond acceptors (Lipinski definition) is 2. The second kappa shape index (κ2) is 6.09. The quantitative estimate of drug-likeness (QED) is 0.822. The molecule has 0 amide bonds. The normalized spacial score (nSPS) is 11.7. The molecular formula is C13H18F3NO. The highest BCUT2D eigenvalue weighted by atomic mass is 19.4. The molecule has 0 fully saturated rings. The molecule has 0 heterocycles. The van der Waals surface area contributed by atoms with Gasteiger partial charge in [0.2, 0.25) is 0 Å². The summed E-state index contributed by atoms with van der Waals surface area (Å²) in [5.74, 6) is 0.737. The second-order valence-corrected chi connectivity index (χ2v) is 4.35. The van der Waals surface area contributed by atoms with Gasteiger partial charge in [0.1, 0.15) is 12.4 Å². The fourth-order valence-electron chi connectivity index (χ4n) is 1.61. The molecule has 0 unspecified atom stereocenters. The third-order valence-electron chi connectivity index (χ3n) is 2.63. The Balaban J connectivity index is 2.40. The van der Waals surface area contributed by atoms with Gasteiger partial charge in [0.25, 0.3) is 0 Å². The Morgan fingerprint density at radius 3 is 2.44 bits per heavy atom. The lowest BCUT2D eigenvalue weighted by molar-refractivity contribution is -0.124. The molecule has 0 atom stereocenters. The van der Waals surface area contributed by atoms with Gasteiger partial charge in [-0.1, -0.05) is 6.07 Å². The van der Waals surface area contributed by atoms with Gasteiger partial charge >= 0.3 is 6.18 Å². The van der Waals surface area contributed by atoms with Crippen LogP contribution in [-0.2, 0) is 0 Å². The van der Waals surface area contributed by atoms with Gasteiger partial charge in [-0.05, 0) is 43.5 Å². The highest BCUT2D eigenvalue weighted by Crippen LogP contribution is 2.23. The van der Waals surface area contributed by atoms with Crippen LogP contribution in [0.4, 0.5) is 13.2 Å². The van der Waals surface area contributed by atoms with Crippen LogP contribution in [-0.4, -0.2) is 25.9 Å². The maximum absolute atomic E-state index is 11.9. The summed E-state index contributed by atoms with van der Waals surface area (Å²) in [4.78, 5) is 0. The van der Waals surface area contributed by atoms with E-state index in [0.717, 1.165) is 22.4 Å². The average Bonchev–Trinajstić information content (AvgIpc) is 2.22. The first-order chi connectivity index (χ1) is 8.29. The molecule has 0 spiro atoms. The summed E-state index contributed by atoms with van der Waals surface area (Å²) in [6.07, 6.45) is -4.17. The number of alkyl halides is 3. The summed E-state index contributed by atoms with van der Waals surface area (Å²) < 4.78 is 41.1. The third-order valence-corrected chi connectivity index (χ3v) is 2.63. The molecule has 0 aliphatic carbocycles. The molecule has 0 aliphatic heterocycles. The van der Waals surface area contributed by atoms with E-state index >= 15 is 0 Å². The van der Waals surface area contributed by atoms with E-state index < -0.39 is 12.7 Å². The average molecular weight is 261 g/mol. The highest BCUT2D eigenvalue weighted by molar-refractivity contribution is 5.41. The zero-order valence-corrected chi connectivity index (χ0v) is 10.8. The molecule has 1 N–H and O–H groups in total.